The van der Waals surface area contributed by atoms with Crippen LogP contribution in [0.4, 0.5) is 11.4 Å². The Kier molecular flexibility index (Phi) is 7.13. The Bertz CT molecular complexity index is 1750. The number of thiocarbonyl (C=S) groups is 1. The molecule has 9 nitrogen and oxygen atoms in total. The van der Waals surface area contributed by atoms with Gasteiger partial charge in [-0.1, -0.05) is 54.6 Å². The molecule has 1 aliphatic heterocycles. The van der Waals surface area contributed by atoms with Crippen molar-refractivity contribution in [2.24, 2.45) is 0 Å². The van der Waals surface area contributed by atoms with Crippen molar-refractivity contribution in [1.29, 1.82) is 0 Å². The van der Waals surface area contributed by atoms with Gasteiger partial charge in [0.05, 0.1) is 22.2 Å². The minimum atomic E-state index is -0.431. The minimum absolute atomic E-state index is 0.0447. The van der Waals surface area contributed by atoms with Crippen LogP contribution < -0.4 is 10.6 Å². The first kappa shape index (κ1) is 26.1. The SMILES string of the molecule is O=C(CCN1C(=S)N[C@H](c2ccccn2)[C@@H]1c1ccc(-c2ccccc2[N+](=O)[O-])o1)Nc1cccc2ccccc12. The average molecular weight is 564 g/mol. The maximum Gasteiger partial charge on any atom is 0.280 e. The van der Waals surface area contributed by atoms with Crippen LogP contribution >= 0.6 is 12.2 Å². The van der Waals surface area contributed by atoms with Gasteiger partial charge < -0.3 is 20.0 Å². The van der Waals surface area contributed by atoms with E-state index in [1.807, 2.05) is 65.6 Å². The number of nitro groups is 1. The highest BCUT2D eigenvalue weighted by atomic mass is 32.1. The van der Waals surface area contributed by atoms with E-state index in [1.54, 1.807) is 36.5 Å². The van der Waals surface area contributed by atoms with Gasteiger partial charge in [0.25, 0.3) is 5.69 Å². The largest absolute Gasteiger partial charge is 0.459 e. The van der Waals surface area contributed by atoms with Gasteiger partial charge in [-0.05, 0) is 54.0 Å². The summed E-state index contributed by atoms with van der Waals surface area (Å²) in [5.74, 6) is 0.776. The Labute approximate surface area is 241 Å². The van der Waals surface area contributed by atoms with Crippen LogP contribution in [0, 0.1) is 10.1 Å². The van der Waals surface area contributed by atoms with Gasteiger partial charge in [0.15, 0.2) is 5.11 Å². The van der Waals surface area contributed by atoms with Crippen molar-refractivity contribution < 1.29 is 14.1 Å². The fourth-order valence-electron chi connectivity index (χ4n) is 5.22. The molecule has 0 spiro atoms. The maximum atomic E-state index is 13.1. The molecule has 1 aliphatic rings. The molecule has 1 amide bonds. The standard InChI is InChI=1S/C31H25N5O4S/c37-28(33-23-13-7-9-20-8-1-2-10-21(20)23)17-19-35-30(29(34-31(35)41)24-12-5-6-18-32-24)27-16-15-26(40-27)22-11-3-4-14-25(22)36(38)39/h1-16,18,29-30H,17,19H2,(H,33,37)(H,34,41)/t29-,30+/m1/s1. The molecule has 1 saturated heterocycles. The molecule has 5 aromatic rings. The Morgan fingerprint density at radius 3 is 2.61 bits per heavy atom. The number of pyridine rings is 1. The van der Waals surface area contributed by atoms with Crippen molar-refractivity contribution in [3.8, 4) is 11.3 Å². The third-order valence-corrected chi connectivity index (χ3v) is 7.48. The molecule has 10 heteroatoms. The predicted octanol–water partition coefficient (Wildman–Crippen LogP) is 6.40. The number of para-hydroxylation sites is 1. The van der Waals surface area contributed by atoms with E-state index in [-0.39, 0.29) is 24.1 Å². The van der Waals surface area contributed by atoms with E-state index in [0.29, 0.717) is 28.7 Å². The summed E-state index contributed by atoms with van der Waals surface area (Å²) in [6.45, 7) is 0.317. The molecule has 0 bridgehead atoms. The van der Waals surface area contributed by atoms with Crippen molar-refractivity contribution in [3.05, 3.63) is 125 Å². The topological polar surface area (TPSA) is 114 Å². The van der Waals surface area contributed by atoms with Crippen LogP contribution in [-0.2, 0) is 4.79 Å². The molecule has 6 rings (SSSR count). The summed E-state index contributed by atoms with van der Waals surface area (Å²) < 4.78 is 6.25. The summed E-state index contributed by atoms with van der Waals surface area (Å²) in [6, 6.07) is 28.5. The van der Waals surface area contributed by atoms with Crippen molar-refractivity contribution >= 4 is 45.4 Å². The van der Waals surface area contributed by atoms with Gasteiger partial charge in [-0.3, -0.25) is 19.9 Å². The third-order valence-electron chi connectivity index (χ3n) is 7.13. The van der Waals surface area contributed by atoms with Crippen molar-refractivity contribution in [1.82, 2.24) is 15.2 Å². The van der Waals surface area contributed by atoms with E-state index in [1.165, 1.54) is 6.07 Å². The van der Waals surface area contributed by atoms with Gasteiger partial charge >= 0.3 is 0 Å². The zero-order chi connectivity index (χ0) is 28.3. The normalized spacial score (nSPS) is 16.5. The lowest BCUT2D eigenvalue weighted by atomic mass is 10.0. The van der Waals surface area contributed by atoms with Gasteiger partial charge in [-0.2, -0.15) is 0 Å². The number of amides is 1. The lowest BCUT2D eigenvalue weighted by Crippen LogP contribution is -2.32. The minimum Gasteiger partial charge on any atom is -0.459 e. The number of furan rings is 1. The summed E-state index contributed by atoms with van der Waals surface area (Å²) >= 11 is 5.72. The molecule has 2 atom stereocenters. The number of aromatic nitrogens is 1. The molecule has 1 fully saturated rings. The fourth-order valence-corrected chi connectivity index (χ4v) is 5.55. The van der Waals surface area contributed by atoms with Crippen molar-refractivity contribution in [3.63, 3.8) is 0 Å². The maximum absolute atomic E-state index is 13.1. The van der Waals surface area contributed by atoms with Crippen LogP contribution in [0.2, 0.25) is 0 Å². The monoisotopic (exact) mass is 563 g/mol. The van der Waals surface area contributed by atoms with E-state index in [4.69, 9.17) is 16.6 Å². The number of fused-ring (bicyclic) bond motifs is 1. The lowest BCUT2D eigenvalue weighted by Gasteiger charge is -2.26. The van der Waals surface area contributed by atoms with Gasteiger partial charge in [-0.15, -0.1) is 0 Å². The zero-order valence-electron chi connectivity index (χ0n) is 21.8. The second kappa shape index (κ2) is 11.2. The number of nitro benzene ring substituents is 1. The van der Waals surface area contributed by atoms with Gasteiger partial charge in [-0.25, -0.2) is 0 Å². The van der Waals surface area contributed by atoms with E-state index in [2.05, 4.69) is 15.6 Å². The number of anilines is 1. The Hall–Kier alpha value is -5.09. The Morgan fingerprint density at radius 2 is 1.78 bits per heavy atom. The average Bonchev–Trinajstić information content (AvgIpc) is 3.61. The van der Waals surface area contributed by atoms with E-state index in [0.717, 1.165) is 22.2 Å². The Morgan fingerprint density at radius 1 is 1.00 bits per heavy atom. The molecule has 0 unspecified atom stereocenters. The first-order valence-electron chi connectivity index (χ1n) is 13.1. The number of carbonyl (C=O) groups is 1. The van der Waals surface area contributed by atoms with Crippen LogP contribution in [0.25, 0.3) is 22.1 Å². The number of hydrogen-bond acceptors (Lipinski definition) is 6. The molecule has 2 N–H and O–H groups in total. The third kappa shape index (κ3) is 5.24. The van der Waals surface area contributed by atoms with Crippen molar-refractivity contribution in [2.75, 3.05) is 11.9 Å². The van der Waals surface area contributed by atoms with Crippen molar-refractivity contribution in [2.45, 2.75) is 18.5 Å². The molecule has 2 aromatic heterocycles. The molecule has 3 heterocycles. The van der Waals surface area contributed by atoms with E-state index in [9.17, 15) is 14.9 Å². The van der Waals surface area contributed by atoms with Crippen LogP contribution in [-0.4, -0.2) is 32.4 Å². The summed E-state index contributed by atoms with van der Waals surface area (Å²) in [5.41, 5.74) is 1.84. The van der Waals surface area contributed by atoms with Gasteiger partial charge in [0.2, 0.25) is 5.91 Å². The highest BCUT2D eigenvalue weighted by molar-refractivity contribution is 7.80. The lowest BCUT2D eigenvalue weighted by molar-refractivity contribution is -0.384. The van der Waals surface area contributed by atoms with Gasteiger partial charge in [0, 0.05) is 36.3 Å². The summed E-state index contributed by atoms with van der Waals surface area (Å²) in [4.78, 5) is 30.7. The molecular formula is C31H25N5O4S. The second-order valence-electron chi connectivity index (χ2n) is 9.62. The van der Waals surface area contributed by atoms with Crippen LogP contribution in [0.5, 0.6) is 0 Å². The van der Waals surface area contributed by atoms with E-state index < -0.39 is 11.0 Å². The molecule has 204 valence electrons. The Balaban J connectivity index is 1.28. The highest BCUT2D eigenvalue weighted by Gasteiger charge is 2.41. The van der Waals surface area contributed by atoms with E-state index >= 15 is 0 Å². The van der Waals surface area contributed by atoms with Crippen LogP contribution in [0.15, 0.2) is 108 Å². The number of rotatable bonds is 8. The molecule has 0 saturated carbocycles. The number of nitrogens with one attached hydrogen (secondary N) is 2. The molecule has 41 heavy (non-hydrogen) atoms. The van der Waals surface area contributed by atoms with Gasteiger partial charge in [0.1, 0.15) is 17.6 Å². The number of benzene rings is 3. The number of nitrogens with zero attached hydrogens (tertiary/aromatic N) is 3. The van der Waals surface area contributed by atoms with Crippen LogP contribution in [0.1, 0.15) is 30.0 Å². The van der Waals surface area contributed by atoms with Crippen LogP contribution in [0.3, 0.4) is 0 Å². The quantitative estimate of drug-likeness (QED) is 0.127. The fraction of sp³-hybridized carbons (Fsp3) is 0.129. The number of carbonyl (C=O) groups excluding carboxylic acids is 1. The first-order valence-corrected chi connectivity index (χ1v) is 13.5. The second-order valence-corrected chi connectivity index (χ2v) is 10.0. The first-order chi connectivity index (χ1) is 20.0. The highest BCUT2D eigenvalue weighted by Crippen LogP contribution is 2.41. The molecule has 0 radical (unpaired) electrons. The molecule has 0 aliphatic carbocycles. The summed E-state index contributed by atoms with van der Waals surface area (Å²) in [7, 11) is 0. The summed E-state index contributed by atoms with van der Waals surface area (Å²) in [5, 5.41) is 20.5. The molecule has 3 aromatic carbocycles. The smallest absolute Gasteiger partial charge is 0.280 e. The predicted molar refractivity (Wildman–Crippen MR) is 160 cm³/mol. The summed E-state index contributed by atoms with van der Waals surface area (Å²) in [6.07, 6.45) is 1.88. The zero-order valence-corrected chi connectivity index (χ0v) is 22.6. The molecular weight excluding hydrogens is 538 g/mol. The number of hydrogen-bond donors (Lipinski definition) is 2.